The van der Waals surface area contributed by atoms with Crippen LogP contribution in [0.3, 0.4) is 0 Å². The average Bonchev–Trinajstić information content (AvgIpc) is 2.57. The zero-order valence-electron chi connectivity index (χ0n) is 17.6. The quantitative estimate of drug-likeness (QED) is 0.555. The molecule has 1 aliphatic heterocycles. The molecule has 0 atom stereocenters. The Morgan fingerprint density at radius 3 is 1.16 bits per heavy atom. The lowest BCUT2D eigenvalue weighted by Crippen LogP contribution is -2.84. The molecule has 1 aliphatic rings. The van der Waals surface area contributed by atoms with E-state index in [0.29, 0.717) is 0 Å². The van der Waals surface area contributed by atoms with Crippen LogP contribution in [0.25, 0.3) is 0 Å². The zero-order chi connectivity index (χ0) is 19.5. The van der Waals surface area contributed by atoms with Crippen molar-refractivity contribution in [3.05, 3.63) is 0 Å². The van der Waals surface area contributed by atoms with Gasteiger partial charge in [0.25, 0.3) is 0 Å². The van der Waals surface area contributed by atoms with E-state index in [9.17, 15) is 0 Å². The largest absolute Gasteiger partial charge is 0.474 e. The van der Waals surface area contributed by atoms with Gasteiger partial charge in [-0.2, -0.15) is 0 Å². The van der Waals surface area contributed by atoms with Crippen LogP contribution in [0.1, 0.15) is 47.0 Å². The van der Waals surface area contributed by atoms with Crippen LogP contribution in [-0.4, -0.2) is 81.9 Å². The van der Waals surface area contributed by atoms with Crippen molar-refractivity contribution in [2.45, 2.75) is 58.0 Å². The highest BCUT2D eigenvalue weighted by Crippen LogP contribution is 2.43. The van der Waals surface area contributed by atoms with Crippen LogP contribution in [0.5, 0.6) is 0 Å². The van der Waals surface area contributed by atoms with E-state index in [-0.39, 0.29) is 17.1 Å². The number of hydrogen-bond acceptors (Lipinski definition) is 7. The third-order valence-corrected chi connectivity index (χ3v) is 12.9. The van der Waals surface area contributed by atoms with Gasteiger partial charge in [-0.05, 0) is 47.0 Å². The van der Waals surface area contributed by atoms with Gasteiger partial charge in [0.1, 0.15) is 0 Å². The maximum absolute atomic E-state index is 5.90. The van der Waals surface area contributed by atoms with Crippen molar-refractivity contribution in [3.63, 3.8) is 0 Å². The molecule has 1 heterocycles. The third kappa shape index (κ3) is 4.07. The summed E-state index contributed by atoms with van der Waals surface area (Å²) in [6, 6.07) is -0.384. The molecular weight excluding hydrogens is 357 g/mol. The Morgan fingerprint density at radius 2 is 0.920 bits per heavy atom. The lowest BCUT2D eigenvalue weighted by molar-refractivity contribution is 0.0381. The van der Waals surface area contributed by atoms with E-state index in [1.165, 1.54) is 0 Å². The van der Waals surface area contributed by atoms with Crippen LogP contribution in [-0.2, 0) is 26.6 Å². The molecule has 0 aliphatic carbocycles. The number of rotatable bonds is 9. The second-order valence-corrected chi connectivity index (χ2v) is 14.2. The Balaban J connectivity index is 3.70. The van der Waals surface area contributed by atoms with E-state index in [0.717, 1.165) is 19.3 Å². The van der Waals surface area contributed by atoms with Crippen molar-refractivity contribution >= 4 is 23.4 Å². The first-order valence-corrected chi connectivity index (χ1v) is 12.3. The highest BCUT2D eigenvalue weighted by Gasteiger charge is 2.74. The topological polar surface area (TPSA) is 58.6 Å². The van der Waals surface area contributed by atoms with E-state index in [1.54, 1.807) is 42.7 Å². The van der Waals surface area contributed by atoms with Crippen LogP contribution in [0.2, 0.25) is 0 Å². The normalized spacial score (nSPS) is 21.4. The van der Waals surface area contributed by atoms with Gasteiger partial charge in [-0.15, -0.1) is 0 Å². The van der Waals surface area contributed by atoms with E-state index in [1.807, 2.05) is 0 Å². The molecule has 25 heavy (non-hydrogen) atoms. The van der Waals surface area contributed by atoms with Gasteiger partial charge < -0.3 is 31.4 Å². The minimum absolute atomic E-state index is 0.117. The Morgan fingerprint density at radius 1 is 0.640 bits per heavy atom. The van der Waals surface area contributed by atoms with Crippen molar-refractivity contribution in [3.8, 4) is 0 Å². The van der Waals surface area contributed by atoms with Crippen molar-refractivity contribution in [2.75, 3.05) is 42.7 Å². The molecule has 0 bridgehead atoms. The Hall–Kier alpha value is 0.219. The van der Waals surface area contributed by atoms with Gasteiger partial charge in [-0.25, -0.2) is 0 Å². The Labute approximate surface area is 156 Å². The highest BCUT2D eigenvalue weighted by atomic mass is 28.4. The van der Waals surface area contributed by atoms with Crippen molar-refractivity contribution < 1.29 is 26.6 Å². The summed E-state index contributed by atoms with van der Waals surface area (Å²) in [6.07, 6.45) is 3.26. The first kappa shape index (κ1) is 23.3. The number of nitrogens with zero attached hydrogens (tertiary/aromatic N) is 1. The molecule has 10 heteroatoms. The van der Waals surface area contributed by atoms with Gasteiger partial charge in [0, 0.05) is 53.7 Å². The Bertz CT molecular complexity index is 380. The fourth-order valence-corrected chi connectivity index (χ4v) is 12.6. The molecular formula is C15H36BNO6Si2. The predicted molar refractivity (Wildman–Crippen MR) is 103 cm³/mol. The third-order valence-electron chi connectivity index (χ3n) is 5.52. The van der Waals surface area contributed by atoms with Gasteiger partial charge in [-0.3, -0.25) is 0 Å². The average molecular weight is 393 g/mol. The minimum Gasteiger partial charge on any atom is -0.382 e. The zero-order valence-corrected chi connectivity index (χ0v) is 19.6. The van der Waals surface area contributed by atoms with E-state index in [2.05, 4.69) is 32.5 Å². The molecule has 148 valence electrons. The summed E-state index contributed by atoms with van der Waals surface area (Å²) in [4.78, 5) is 2.41. The molecule has 0 radical (unpaired) electrons. The summed E-state index contributed by atoms with van der Waals surface area (Å²) in [5.74, 6) is 0. The smallest absolute Gasteiger partial charge is 0.382 e. The molecule has 0 saturated carbocycles. The fourth-order valence-electron chi connectivity index (χ4n) is 4.42. The standard InChI is InChI=1S/C15H36BNO6Si2/c1-14(2)12-11-13-15(3,4)17(14)16(24(18-5,19-6)20-7)25(21-8,22-9)23-10/h11-13H2,1-10H3. The summed E-state index contributed by atoms with van der Waals surface area (Å²) in [7, 11) is 3.33. The van der Waals surface area contributed by atoms with E-state index in [4.69, 9.17) is 26.6 Å². The maximum atomic E-state index is 5.90. The summed E-state index contributed by atoms with van der Waals surface area (Å²) in [5.41, 5.74) is -0.234. The molecule has 0 N–H and O–H groups in total. The first-order valence-electron chi connectivity index (χ1n) is 8.66. The van der Waals surface area contributed by atoms with Crippen molar-refractivity contribution in [2.24, 2.45) is 0 Å². The second-order valence-electron chi connectivity index (χ2n) is 7.68. The second kappa shape index (κ2) is 8.49. The van der Waals surface area contributed by atoms with Gasteiger partial charge >= 0.3 is 23.4 Å². The molecule has 0 aromatic rings. The molecule has 0 aromatic carbocycles. The van der Waals surface area contributed by atoms with Crippen LogP contribution >= 0.6 is 0 Å². The van der Waals surface area contributed by atoms with Gasteiger partial charge in [0.05, 0.1) is 0 Å². The summed E-state index contributed by atoms with van der Waals surface area (Å²) in [6.45, 7) is 8.95. The number of piperidine rings is 1. The molecule has 1 saturated heterocycles. The molecule has 0 unspecified atom stereocenters. The summed E-state index contributed by atoms with van der Waals surface area (Å²) < 4.78 is 35.4. The van der Waals surface area contributed by atoms with Crippen molar-refractivity contribution in [1.29, 1.82) is 0 Å². The van der Waals surface area contributed by atoms with E-state index >= 15 is 0 Å². The molecule has 7 nitrogen and oxygen atoms in total. The van der Waals surface area contributed by atoms with Crippen LogP contribution in [0, 0.1) is 0 Å². The van der Waals surface area contributed by atoms with Gasteiger partial charge in [-0.1, -0.05) is 0 Å². The van der Waals surface area contributed by atoms with E-state index < -0.39 is 17.3 Å². The molecule has 0 spiro atoms. The van der Waals surface area contributed by atoms with Crippen LogP contribution in [0.4, 0.5) is 0 Å². The van der Waals surface area contributed by atoms with Gasteiger partial charge in [0.15, 0.2) is 0 Å². The fraction of sp³-hybridized carbons (Fsp3) is 1.00. The molecule has 0 aromatic heterocycles. The maximum Gasteiger partial charge on any atom is 0.474 e. The lowest BCUT2D eigenvalue weighted by atomic mass is 9.76. The van der Waals surface area contributed by atoms with Crippen LogP contribution in [0.15, 0.2) is 0 Å². The minimum atomic E-state index is -3.20. The highest BCUT2D eigenvalue weighted by molar-refractivity contribution is 7.52. The molecule has 0 amide bonds. The monoisotopic (exact) mass is 393 g/mol. The van der Waals surface area contributed by atoms with Gasteiger partial charge in [0.2, 0.25) is 0 Å². The Kier molecular flexibility index (Phi) is 7.90. The molecule has 1 fully saturated rings. The summed E-state index contributed by atoms with van der Waals surface area (Å²) in [5, 5.41) is 0. The van der Waals surface area contributed by atoms with Crippen LogP contribution < -0.4 is 0 Å². The lowest BCUT2D eigenvalue weighted by Gasteiger charge is -2.58. The first-order chi connectivity index (χ1) is 11.6. The SMILES string of the molecule is CO[Si](OC)(OC)B(N1C(C)(C)CCCC1(C)C)[Si](OC)(OC)OC. The molecule has 1 rings (SSSR count). The number of hydrogen-bond donors (Lipinski definition) is 0. The van der Waals surface area contributed by atoms with Crippen molar-refractivity contribution in [1.82, 2.24) is 4.81 Å². The predicted octanol–water partition coefficient (Wildman–Crippen LogP) is 1.93. The summed E-state index contributed by atoms with van der Waals surface area (Å²) >= 11 is 0.